The van der Waals surface area contributed by atoms with Crippen molar-refractivity contribution in [1.82, 2.24) is 15.3 Å². The van der Waals surface area contributed by atoms with E-state index in [2.05, 4.69) is 9.97 Å². The number of rotatable bonds is 7. The molecule has 0 spiro atoms. The van der Waals surface area contributed by atoms with E-state index in [4.69, 9.17) is 11.6 Å². The first-order valence-electron chi connectivity index (χ1n) is 11.8. The van der Waals surface area contributed by atoms with Gasteiger partial charge in [0.05, 0.1) is 17.8 Å². The molecule has 2 amide bonds. The molecule has 0 aliphatic carbocycles. The summed E-state index contributed by atoms with van der Waals surface area (Å²) in [4.78, 5) is 34.3. The molecule has 4 rings (SSSR count). The lowest BCUT2D eigenvalue weighted by Gasteiger charge is -2.24. The number of benzene rings is 3. The number of hydrogen-bond donors (Lipinski definition) is 3. The van der Waals surface area contributed by atoms with Gasteiger partial charge in [-0.1, -0.05) is 36.4 Å². The highest BCUT2D eigenvalue weighted by molar-refractivity contribution is 6.28. The zero-order chi connectivity index (χ0) is 29.0. The van der Waals surface area contributed by atoms with Gasteiger partial charge in [-0.2, -0.15) is 13.2 Å². The van der Waals surface area contributed by atoms with Crippen LogP contribution in [0, 0.1) is 6.92 Å². The summed E-state index contributed by atoms with van der Waals surface area (Å²) in [5.41, 5.74) is 3.63. The van der Waals surface area contributed by atoms with Gasteiger partial charge in [0, 0.05) is 30.1 Å². The van der Waals surface area contributed by atoms with E-state index in [9.17, 15) is 33.0 Å². The van der Waals surface area contributed by atoms with E-state index in [1.54, 1.807) is 42.6 Å². The molecule has 0 aliphatic rings. The SMILES string of the molecule is Cc1cnc(Cl)nc1-c1ccc(N(Cc2ccc(CNC(=O)C(F)(F)F)cc2)C(=O)c2ccc(O)cc2O)cc1. The molecule has 0 unspecified atom stereocenters. The van der Waals surface area contributed by atoms with Crippen molar-refractivity contribution < 1.29 is 33.0 Å². The first kappa shape index (κ1) is 28.4. The first-order valence-corrected chi connectivity index (χ1v) is 12.2. The summed E-state index contributed by atoms with van der Waals surface area (Å²) in [5.74, 6) is -3.22. The number of aromatic nitrogens is 2. The van der Waals surface area contributed by atoms with Crippen LogP contribution in [0.25, 0.3) is 11.3 Å². The Kier molecular flexibility index (Phi) is 8.24. The van der Waals surface area contributed by atoms with Gasteiger partial charge in [0.25, 0.3) is 5.91 Å². The number of carbonyl (C=O) groups is 2. The van der Waals surface area contributed by atoms with Crippen molar-refractivity contribution in [2.24, 2.45) is 0 Å². The summed E-state index contributed by atoms with van der Waals surface area (Å²) >= 11 is 5.95. The van der Waals surface area contributed by atoms with E-state index >= 15 is 0 Å². The zero-order valence-electron chi connectivity index (χ0n) is 20.9. The standard InChI is InChI=1S/C28H22ClF3N4O4/c1-16-13-34-27(29)35-24(16)19-6-8-20(9-7-19)36(25(39)22-11-10-21(37)12-23(22)38)15-18-4-2-17(3-5-18)14-33-26(40)28(30,31)32/h2-13,37-38H,14-15H2,1H3,(H,33,40). The molecule has 0 saturated carbocycles. The maximum atomic E-state index is 13.6. The second-order valence-electron chi connectivity index (χ2n) is 8.81. The summed E-state index contributed by atoms with van der Waals surface area (Å²) in [7, 11) is 0. The Morgan fingerprint density at radius 3 is 2.25 bits per heavy atom. The Labute approximate surface area is 231 Å². The van der Waals surface area contributed by atoms with Crippen LogP contribution in [0.1, 0.15) is 27.0 Å². The lowest BCUT2D eigenvalue weighted by molar-refractivity contribution is -0.173. The molecular weight excluding hydrogens is 549 g/mol. The number of hydrogen-bond acceptors (Lipinski definition) is 6. The Hall–Kier alpha value is -4.64. The van der Waals surface area contributed by atoms with Crippen LogP contribution in [0.2, 0.25) is 5.28 Å². The van der Waals surface area contributed by atoms with E-state index < -0.39 is 23.7 Å². The smallest absolute Gasteiger partial charge is 0.471 e. The molecule has 12 heteroatoms. The highest BCUT2D eigenvalue weighted by Crippen LogP contribution is 2.30. The van der Waals surface area contributed by atoms with Gasteiger partial charge in [-0.05, 0) is 59.5 Å². The third-order valence-electron chi connectivity index (χ3n) is 5.93. The summed E-state index contributed by atoms with van der Waals surface area (Å²) < 4.78 is 37.4. The molecule has 3 N–H and O–H groups in total. The molecule has 0 bridgehead atoms. The van der Waals surface area contributed by atoms with Crippen LogP contribution >= 0.6 is 11.6 Å². The molecule has 1 aromatic heterocycles. The maximum absolute atomic E-state index is 13.6. The number of phenols is 2. The molecule has 8 nitrogen and oxygen atoms in total. The minimum atomic E-state index is -4.98. The number of carbonyl (C=O) groups excluding carboxylic acids is 2. The fraction of sp³-hybridized carbons (Fsp3) is 0.143. The minimum Gasteiger partial charge on any atom is -0.508 e. The molecule has 0 atom stereocenters. The monoisotopic (exact) mass is 570 g/mol. The number of aryl methyl sites for hydroxylation is 1. The molecular formula is C28H22ClF3N4O4. The van der Waals surface area contributed by atoms with Crippen molar-refractivity contribution in [3.8, 4) is 22.8 Å². The summed E-state index contributed by atoms with van der Waals surface area (Å²) in [6.45, 7) is 1.55. The van der Waals surface area contributed by atoms with Gasteiger partial charge in [-0.3, -0.25) is 9.59 Å². The number of anilines is 1. The quantitative estimate of drug-likeness (QED) is 0.251. The largest absolute Gasteiger partial charge is 0.508 e. The van der Waals surface area contributed by atoms with Crippen LogP contribution in [-0.4, -0.2) is 38.2 Å². The van der Waals surface area contributed by atoms with Gasteiger partial charge in [0.2, 0.25) is 5.28 Å². The first-order chi connectivity index (χ1) is 18.9. The van der Waals surface area contributed by atoms with Gasteiger partial charge in [-0.15, -0.1) is 0 Å². The van der Waals surface area contributed by atoms with Crippen molar-refractivity contribution >= 4 is 29.1 Å². The average molecular weight is 571 g/mol. The molecule has 0 fully saturated rings. The number of phenolic OH excluding ortho intramolecular Hbond substituents is 2. The van der Waals surface area contributed by atoms with Crippen LogP contribution in [0.15, 0.2) is 72.9 Å². The van der Waals surface area contributed by atoms with Gasteiger partial charge in [-0.25, -0.2) is 9.97 Å². The highest BCUT2D eigenvalue weighted by atomic mass is 35.5. The van der Waals surface area contributed by atoms with E-state index in [0.717, 1.165) is 17.2 Å². The molecule has 1 heterocycles. The average Bonchev–Trinajstić information content (AvgIpc) is 2.91. The van der Waals surface area contributed by atoms with Crippen molar-refractivity contribution in [3.63, 3.8) is 0 Å². The van der Waals surface area contributed by atoms with Crippen LogP contribution in [0.5, 0.6) is 11.5 Å². The summed E-state index contributed by atoms with van der Waals surface area (Å²) in [5, 5.41) is 21.9. The van der Waals surface area contributed by atoms with Crippen LogP contribution < -0.4 is 10.2 Å². The lowest BCUT2D eigenvalue weighted by atomic mass is 10.1. The fourth-order valence-electron chi connectivity index (χ4n) is 3.87. The zero-order valence-corrected chi connectivity index (χ0v) is 21.7. The van der Waals surface area contributed by atoms with Crippen molar-refractivity contribution in [3.05, 3.63) is 100 Å². The summed E-state index contributed by atoms with van der Waals surface area (Å²) in [6.07, 6.45) is -3.38. The molecule has 0 saturated heterocycles. The predicted octanol–water partition coefficient (Wildman–Crippen LogP) is 5.54. The second-order valence-corrected chi connectivity index (χ2v) is 9.15. The van der Waals surface area contributed by atoms with Gasteiger partial charge >= 0.3 is 12.1 Å². The Morgan fingerprint density at radius 2 is 1.62 bits per heavy atom. The van der Waals surface area contributed by atoms with Gasteiger partial charge in [0.15, 0.2) is 0 Å². The Balaban J connectivity index is 1.62. The van der Waals surface area contributed by atoms with Crippen molar-refractivity contribution in [2.45, 2.75) is 26.2 Å². The van der Waals surface area contributed by atoms with E-state index in [1.807, 2.05) is 12.2 Å². The number of aromatic hydroxyl groups is 2. The fourth-order valence-corrected chi connectivity index (χ4v) is 4.00. The second kappa shape index (κ2) is 11.6. The van der Waals surface area contributed by atoms with Gasteiger partial charge in [0.1, 0.15) is 11.5 Å². The Morgan fingerprint density at radius 1 is 0.975 bits per heavy atom. The van der Waals surface area contributed by atoms with Crippen molar-refractivity contribution in [2.75, 3.05) is 4.90 Å². The van der Waals surface area contributed by atoms with Crippen LogP contribution in [-0.2, 0) is 17.9 Å². The minimum absolute atomic E-state index is 0.0338. The number of amides is 2. The molecule has 206 valence electrons. The predicted molar refractivity (Wildman–Crippen MR) is 142 cm³/mol. The number of nitrogens with one attached hydrogen (secondary N) is 1. The molecule has 4 aromatic rings. The summed E-state index contributed by atoms with van der Waals surface area (Å²) in [6, 6.07) is 16.8. The van der Waals surface area contributed by atoms with E-state index in [0.29, 0.717) is 22.5 Å². The number of alkyl halides is 3. The normalized spacial score (nSPS) is 11.2. The number of nitrogens with zero attached hydrogens (tertiary/aromatic N) is 3. The van der Waals surface area contributed by atoms with Gasteiger partial charge < -0.3 is 20.4 Å². The molecule has 3 aromatic carbocycles. The lowest BCUT2D eigenvalue weighted by Crippen LogP contribution is -2.36. The third kappa shape index (κ3) is 6.67. The van der Waals surface area contributed by atoms with E-state index in [1.165, 1.54) is 29.2 Å². The third-order valence-corrected chi connectivity index (χ3v) is 6.11. The number of halogens is 4. The van der Waals surface area contributed by atoms with Crippen molar-refractivity contribution in [1.29, 1.82) is 0 Å². The van der Waals surface area contributed by atoms with Crippen LogP contribution in [0.4, 0.5) is 18.9 Å². The highest BCUT2D eigenvalue weighted by Gasteiger charge is 2.38. The molecule has 0 radical (unpaired) electrons. The topological polar surface area (TPSA) is 116 Å². The maximum Gasteiger partial charge on any atom is 0.471 e. The van der Waals surface area contributed by atoms with E-state index in [-0.39, 0.29) is 29.7 Å². The van der Waals surface area contributed by atoms with Crippen LogP contribution in [0.3, 0.4) is 0 Å². The molecule has 0 aliphatic heterocycles. The molecule has 40 heavy (non-hydrogen) atoms. The Bertz CT molecular complexity index is 1550.